The van der Waals surface area contributed by atoms with E-state index in [1.54, 1.807) is 62.0 Å². The Morgan fingerprint density at radius 3 is 0.805 bits per heavy atom. The molecule has 0 unspecified atom stereocenters. The monoisotopic (exact) mass is 1970 g/mol. The number of alkyl halides is 6. The number of hydrogen-bond donors (Lipinski definition) is 0. The van der Waals surface area contributed by atoms with Gasteiger partial charge in [0, 0.05) is 223 Å². The van der Waals surface area contributed by atoms with Crippen molar-refractivity contribution in [3.63, 3.8) is 0 Å². The number of halogens is 7. The minimum atomic E-state index is -4.39. The van der Waals surface area contributed by atoms with Crippen LogP contribution < -0.4 is 0 Å². The highest BCUT2D eigenvalue weighted by Crippen LogP contribution is 2.46. The summed E-state index contributed by atoms with van der Waals surface area (Å²) in [5.74, 6) is 1.29. The van der Waals surface area contributed by atoms with E-state index in [2.05, 4.69) is 229 Å². The highest BCUT2D eigenvalue weighted by Gasteiger charge is 2.33. The topological polar surface area (TPSA) is 181 Å². The van der Waals surface area contributed by atoms with Gasteiger partial charge in [-0.3, -0.25) is 29.9 Å². The molecular weight excluding hydrogens is 1870 g/mol. The van der Waals surface area contributed by atoms with Gasteiger partial charge in [0.25, 0.3) is 0 Å². The van der Waals surface area contributed by atoms with Gasteiger partial charge < -0.3 is 26.4 Å². The molecule has 25 heteroatoms. The maximum Gasteiger partial charge on any atom is 0.416 e. The molecule has 0 atom stereocenters. The minimum absolute atomic E-state index is 0.202. The molecule has 18 nitrogen and oxygen atoms in total. The summed E-state index contributed by atoms with van der Waals surface area (Å²) < 4.78 is 104. The number of fused-ring (bicyclic) bond motifs is 6. The summed E-state index contributed by atoms with van der Waals surface area (Å²) in [6.45, 7) is 15.8. The van der Waals surface area contributed by atoms with E-state index in [-0.39, 0.29) is 5.82 Å². The van der Waals surface area contributed by atoms with Crippen LogP contribution in [-0.2, 0) is 12.4 Å². The third kappa shape index (κ3) is 21.7. The maximum atomic E-state index is 13.6. The van der Waals surface area contributed by atoms with Gasteiger partial charge in [-0.05, 0) is 279 Å². The maximum absolute atomic E-state index is 13.6. The van der Waals surface area contributed by atoms with E-state index in [0.717, 1.165) is 205 Å². The Kier molecular flexibility index (Phi) is 27.0. The van der Waals surface area contributed by atoms with E-state index in [0.29, 0.717) is 28.1 Å². The van der Waals surface area contributed by atoms with Gasteiger partial charge >= 0.3 is 12.4 Å². The van der Waals surface area contributed by atoms with Crippen LogP contribution in [0.4, 0.5) is 30.7 Å². The molecule has 734 valence electrons. The van der Waals surface area contributed by atoms with Gasteiger partial charge in [-0.15, -0.1) is 0 Å². The third-order valence-corrected chi connectivity index (χ3v) is 26.4. The van der Waals surface area contributed by atoms with Crippen LogP contribution in [-0.4, -0.2) is 86.2 Å². The lowest BCUT2D eigenvalue weighted by Gasteiger charge is -2.12. The number of imidazole rings is 6. The Hall–Kier alpha value is -18.1. The van der Waals surface area contributed by atoms with Crippen LogP contribution in [0, 0.1) is 61.2 Å². The van der Waals surface area contributed by atoms with Crippen LogP contribution >= 0.6 is 0 Å². The van der Waals surface area contributed by atoms with Crippen molar-refractivity contribution in [1.82, 2.24) is 86.2 Å². The molecule has 2 aliphatic rings. The molecule has 0 aliphatic heterocycles. The van der Waals surface area contributed by atoms with Gasteiger partial charge in [-0.2, -0.15) is 26.3 Å². The van der Waals surface area contributed by atoms with Crippen molar-refractivity contribution in [3.8, 4) is 134 Å². The molecule has 6 aromatic carbocycles. The first-order valence-electron chi connectivity index (χ1n) is 49.1. The molecule has 18 aromatic heterocycles. The van der Waals surface area contributed by atoms with E-state index in [9.17, 15) is 30.7 Å². The van der Waals surface area contributed by atoms with Crippen LogP contribution in [0.15, 0.2) is 397 Å². The zero-order chi connectivity index (χ0) is 103. The quantitative estimate of drug-likeness (QED) is 0.0941. The second-order valence-electron chi connectivity index (χ2n) is 37.5. The molecule has 0 amide bonds. The van der Waals surface area contributed by atoms with Gasteiger partial charge in [-0.1, -0.05) is 121 Å². The normalized spacial score (nSPS) is 12.4. The van der Waals surface area contributed by atoms with Crippen molar-refractivity contribution in [1.29, 1.82) is 0 Å². The average molecular weight is 1970 g/mol. The Balaban J connectivity index is 0.000000105. The van der Waals surface area contributed by atoms with Crippen LogP contribution in [0.3, 0.4) is 0 Å². The highest BCUT2D eigenvalue weighted by atomic mass is 19.4. The second kappa shape index (κ2) is 41.5. The van der Waals surface area contributed by atoms with Crippen molar-refractivity contribution in [2.45, 2.75) is 105 Å². The van der Waals surface area contributed by atoms with Crippen molar-refractivity contribution >= 4 is 33.9 Å². The Morgan fingerprint density at radius 1 is 0.242 bits per heavy atom. The first-order valence-corrected chi connectivity index (χ1v) is 49.1. The summed E-state index contributed by atoms with van der Waals surface area (Å²) in [6, 6.07) is 89.6. The first kappa shape index (κ1) is 97.0. The minimum Gasteiger partial charge on any atom is -0.306 e. The van der Waals surface area contributed by atoms with Crippen molar-refractivity contribution in [2.24, 2.45) is 0 Å². The van der Waals surface area contributed by atoms with Gasteiger partial charge in [0.2, 0.25) is 0 Å². The summed E-state index contributed by atoms with van der Waals surface area (Å²) in [7, 11) is 0. The van der Waals surface area contributed by atoms with Gasteiger partial charge in [0.05, 0.1) is 68.1 Å². The van der Waals surface area contributed by atoms with Crippen molar-refractivity contribution < 1.29 is 30.7 Å². The zero-order valence-electron chi connectivity index (χ0n) is 82.7. The molecule has 0 radical (unpaired) electrons. The second-order valence-corrected chi connectivity index (χ2v) is 37.5. The summed E-state index contributed by atoms with van der Waals surface area (Å²) in [5, 5.41) is 0. The first-order chi connectivity index (χ1) is 72.2. The Labute approximate surface area is 855 Å². The summed E-state index contributed by atoms with van der Waals surface area (Å²) in [5.41, 5.74) is 37.3. The lowest BCUT2D eigenvalue weighted by molar-refractivity contribution is -0.138. The molecular formula is C124H99F7N18. The van der Waals surface area contributed by atoms with Crippen molar-refractivity contribution in [2.75, 3.05) is 0 Å². The summed E-state index contributed by atoms with van der Waals surface area (Å²) in [4.78, 5) is 53.8. The number of hydrogen-bond acceptors (Lipinski definition) is 12. The number of aryl methyl sites for hydroxylation is 8. The lowest BCUT2D eigenvalue weighted by atomic mass is 9.98. The van der Waals surface area contributed by atoms with Crippen LogP contribution in [0.2, 0.25) is 0 Å². The number of nitrogens with zero attached hydrogens (tertiary/aromatic N) is 18. The lowest BCUT2D eigenvalue weighted by Crippen LogP contribution is -2.04. The van der Waals surface area contributed by atoms with E-state index in [1.807, 2.05) is 195 Å². The standard InChI is InChI=1S/2C22H19N3.2C20H14F3N3.C20H16FN3.C20H17N3/c1-15-13-25-14-19(9-10-21(25)24-15)20-6-3-11-23-22(20)18-5-2-4-17(12-18)16-7-8-16;1-15-13-24-21-10-9-19(14-25(15)21)20-6-3-11-23-22(20)18-5-2-4-17(12-18)16-7-8-16;1-13-11-26-12-15(7-8-18(26)25-13)17-6-3-9-24-19(17)14-4-2-5-16(10-14)20(21,22)23;1-13-11-25-18-8-7-15(12-26(13)18)17-6-3-9-24-19(17)14-4-2-5-16(10-14)20(21,22)23;1-13-10-15(5-7-18(13)21)20-17(4-3-9-22-20)16-6-8-19-23-14(2)11-24(19)12-16;1-14-5-3-6-16(11-14)20-18(7-4-10-21-20)17-8-9-19-22-15(2)12-23(19)13-17/h2*2-6,9-14,16H,7-8H2,1H3;2*2-12H,1H3;3-12H,1-2H3;3-13H,1-2H3. The van der Waals surface area contributed by atoms with Gasteiger partial charge in [0.1, 0.15) is 39.7 Å². The molecule has 0 spiro atoms. The fourth-order valence-corrected chi connectivity index (χ4v) is 18.8. The van der Waals surface area contributed by atoms with E-state index in [1.165, 1.54) is 71.7 Å². The number of pyridine rings is 12. The van der Waals surface area contributed by atoms with Gasteiger partial charge in [-0.25, -0.2) is 34.3 Å². The zero-order valence-corrected chi connectivity index (χ0v) is 82.7. The predicted molar refractivity (Wildman–Crippen MR) is 575 cm³/mol. The Morgan fingerprint density at radius 2 is 0.510 bits per heavy atom. The molecule has 2 aliphatic carbocycles. The van der Waals surface area contributed by atoms with E-state index >= 15 is 0 Å². The predicted octanol–water partition coefficient (Wildman–Crippen LogP) is 30.8. The van der Waals surface area contributed by atoms with Gasteiger partial charge in [0.15, 0.2) is 0 Å². The molecule has 2 saturated carbocycles. The summed E-state index contributed by atoms with van der Waals surface area (Å²) in [6.07, 6.45) is 31.0. The fraction of sp³-hybridized carbons (Fsp3) is 0.129. The average Bonchev–Trinajstić information content (AvgIpc) is 1.78. The highest BCUT2D eigenvalue weighted by molar-refractivity contribution is 5.87. The molecule has 18 heterocycles. The molecule has 0 bridgehead atoms. The largest absolute Gasteiger partial charge is 0.416 e. The van der Waals surface area contributed by atoms with E-state index in [4.69, 9.17) is 9.97 Å². The molecule has 0 N–H and O–H groups in total. The molecule has 24 aromatic rings. The SMILES string of the molecule is Cc1cccc(-c2ncccc2-c2ccc3nc(C)cn3c2)c1.Cc1cn2cc(-c3cccnc3-c3ccc(F)c(C)c3)ccc2n1.Cc1cn2cc(-c3cccnc3-c3cccc(C(F)(F)F)c3)ccc2n1.Cc1cn2cc(-c3cccnc3-c3cccc(C4CC4)c3)ccc2n1.Cc1cnc2ccc(-c3cccnc3-c3cccc(C(F)(F)F)c3)cn12.Cc1cnc2ccc(-c3cccnc3-c3cccc(C4CC4)c3)cn12. The van der Waals surface area contributed by atoms with Crippen LogP contribution in [0.1, 0.15) is 105 Å². The number of aromatic nitrogens is 18. The molecule has 2 fully saturated rings. The number of benzene rings is 6. The smallest absolute Gasteiger partial charge is 0.306 e. The molecule has 26 rings (SSSR count). The van der Waals surface area contributed by atoms with Crippen LogP contribution in [0.25, 0.3) is 168 Å². The molecule has 149 heavy (non-hydrogen) atoms. The number of rotatable bonds is 14. The summed E-state index contributed by atoms with van der Waals surface area (Å²) >= 11 is 0. The fourth-order valence-electron chi connectivity index (χ4n) is 18.8. The van der Waals surface area contributed by atoms with Crippen molar-refractivity contribution in [3.05, 3.63) is 470 Å². The van der Waals surface area contributed by atoms with Crippen LogP contribution in [0.5, 0.6) is 0 Å². The Bertz CT molecular complexity index is 9070. The van der Waals surface area contributed by atoms with E-state index < -0.39 is 23.5 Å². The third-order valence-electron chi connectivity index (χ3n) is 26.4. The molecule has 0 saturated heterocycles.